The molecule has 6 nitrogen and oxygen atoms in total. The molecular formula is C22H25N3O3S. The van der Waals surface area contributed by atoms with Gasteiger partial charge >= 0.3 is 6.03 Å². The van der Waals surface area contributed by atoms with Crippen LogP contribution in [-0.4, -0.2) is 14.4 Å². The van der Waals surface area contributed by atoms with E-state index in [1.165, 1.54) is 12.1 Å². The molecule has 3 aromatic rings. The Morgan fingerprint density at radius 1 is 0.966 bits per heavy atom. The van der Waals surface area contributed by atoms with Crippen molar-refractivity contribution in [2.75, 3.05) is 0 Å². The second-order valence-corrected chi connectivity index (χ2v) is 8.54. The summed E-state index contributed by atoms with van der Waals surface area (Å²) in [4.78, 5) is 12.6. The van der Waals surface area contributed by atoms with Crippen molar-refractivity contribution in [3.05, 3.63) is 77.9 Å². The van der Waals surface area contributed by atoms with Crippen molar-refractivity contribution in [2.24, 2.45) is 5.14 Å². The quantitative estimate of drug-likeness (QED) is 0.571. The minimum Gasteiger partial charge on any atom is -0.332 e. The van der Waals surface area contributed by atoms with Crippen LogP contribution in [0.1, 0.15) is 43.5 Å². The first-order valence-electron chi connectivity index (χ1n) is 9.47. The van der Waals surface area contributed by atoms with Crippen molar-refractivity contribution in [1.82, 2.24) is 10.6 Å². The van der Waals surface area contributed by atoms with Gasteiger partial charge in [0.2, 0.25) is 10.0 Å². The summed E-state index contributed by atoms with van der Waals surface area (Å²) in [5, 5.41) is 13.3. The molecule has 4 N–H and O–H groups in total. The molecule has 0 radical (unpaired) electrons. The number of benzene rings is 3. The van der Waals surface area contributed by atoms with Gasteiger partial charge in [0.15, 0.2) is 0 Å². The second-order valence-electron chi connectivity index (χ2n) is 6.98. The number of primary sulfonamides is 1. The van der Waals surface area contributed by atoms with Crippen LogP contribution in [0, 0.1) is 0 Å². The highest BCUT2D eigenvalue weighted by Crippen LogP contribution is 2.24. The number of carbonyl (C=O) groups is 1. The lowest BCUT2D eigenvalue weighted by Gasteiger charge is -2.21. The molecule has 0 spiro atoms. The average molecular weight is 412 g/mol. The first-order chi connectivity index (χ1) is 13.8. The van der Waals surface area contributed by atoms with Crippen LogP contribution in [0.15, 0.2) is 71.6 Å². The van der Waals surface area contributed by atoms with Gasteiger partial charge in [-0.1, -0.05) is 61.5 Å². The number of carbonyl (C=O) groups excluding carboxylic acids is 1. The summed E-state index contributed by atoms with van der Waals surface area (Å²) in [6.07, 6.45) is 0.658. The van der Waals surface area contributed by atoms with Gasteiger partial charge in [0, 0.05) is 0 Å². The van der Waals surface area contributed by atoms with E-state index in [0.29, 0.717) is 6.42 Å². The van der Waals surface area contributed by atoms with E-state index >= 15 is 0 Å². The number of fused-ring (bicyclic) bond motifs is 1. The fraction of sp³-hybridized carbons (Fsp3) is 0.227. The standard InChI is InChI=1S/C22H25N3O3S/c1-3-21(17-11-13-18(14-12-17)29(23,27)28)25-22(26)24-15(2)19-10-6-8-16-7-4-5-9-20(16)19/h4-15,21H,3H2,1-2H3,(H2,23,27,28)(H2,24,25,26)/t15-,21-/m1/s1. The van der Waals surface area contributed by atoms with Crippen molar-refractivity contribution >= 4 is 26.8 Å². The van der Waals surface area contributed by atoms with Crippen molar-refractivity contribution in [2.45, 2.75) is 37.2 Å². The van der Waals surface area contributed by atoms with Crippen LogP contribution in [0.2, 0.25) is 0 Å². The molecule has 152 valence electrons. The molecule has 0 aromatic heterocycles. The van der Waals surface area contributed by atoms with E-state index in [0.717, 1.165) is 21.9 Å². The number of rotatable bonds is 6. The van der Waals surface area contributed by atoms with E-state index in [2.05, 4.69) is 10.6 Å². The molecule has 3 aromatic carbocycles. The van der Waals surface area contributed by atoms with E-state index in [9.17, 15) is 13.2 Å². The molecule has 7 heteroatoms. The predicted molar refractivity (Wildman–Crippen MR) is 115 cm³/mol. The third-order valence-corrected chi connectivity index (χ3v) is 5.89. The molecule has 2 amide bonds. The maximum Gasteiger partial charge on any atom is 0.315 e. The Hall–Kier alpha value is -2.90. The fourth-order valence-electron chi connectivity index (χ4n) is 3.41. The molecule has 3 rings (SSSR count). The molecule has 0 bridgehead atoms. The normalized spacial score (nSPS) is 13.6. The van der Waals surface area contributed by atoms with Crippen molar-refractivity contribution < 1.29 is 13.2 Å². The average Bonchev–Trinajstić information content (AvgIpc) is 2.71. The summed E-state index contributed by atoms with van der Waals surface area (Å²) < 4.78 is 22.8. The Balaban J connectivity index is 1.71. The number of urea groups is 1. The first-order valence-corrected chi connectivity index (χ1v) is 11.0. The minimum atomic E-state index is -3.74. The van der Waals surface area contributed by atoms with E-state index in [4.69, 9.17) is 5.14 Å². The monoisotopic (exact) mass is 411 g/mol. The number of amides is 2. The van der Waals surface area contributed by atoms with Gasteiger partial charge in [0.05, 0.1) is 17.0 Å². The molecule has 0 aliphatic rings. The molecule has 0 saturated carbocycles. The van der Waals surface area contributed by atoms with E-state index in [1.54, 1.807) is 12.1 Å². The maximum absolute atomic E-state index is 12.6. The third-order valence-electron chi connectivity index (χ3n) is 4.96. The third kappa shape index (κ3) is 4.93. The maximum atomic E-state index is 12.6. The fourth-order valence-corrected chi connectivity index (χ4v) is 3.93. The number of hydrogen-bond donors (Lipinski definition) is 3. The summed E-state index contributed by atoms with van der Waals surface area (Å²) in [6.45, 7) is 3.90. The van der Waals surface area contributed by atoms with Crippen LogP contribution in [-0.2, 0) is 10.0 Å². The lowest BCUT2D eigenvalue weighted by Crippen LogP contribution is -2.39. The molecule has 0 aliphatic carbocycles. The number of nitrogens with two attached hydrogens (primary N) is 1. The highest BCUT2D eigenvalue weighted by Gasteiger charge is 2.17. The summed E-state index contributed by atoms with van der Waals surface area (Å²) in [7, 11) is -3.74. The van der Waals surface area contributed by atoms with Gasteiger partial charge in [-0.15, -0.1) is 0 Å². The summed E-state index contributed by atoms with van der Waals surface area (Å²) in [5.41, 5.74) is 1.86. The van der Waals surface area contributed by atoms with Crippen molar-refractivity contribution in [1.29, 1.82) is 0 Å². The topological polar surface area (TPSA) is 101 Å². The Kier molecular flexibility index (Phi) is 6.20. The molecule has 0 aliphatic heterocycles. The number of sulfonamides is 1. The predicted octanol–water partition coefficient (Wildman–Crippen LogP) is 4.00. The SMILES string of the molecule is CC[C@@H](NC(=O)N[C@H](C)c1cccc2ccccc12)c1ccc(S(N)(=O)=O)cc1. The molecule has 0 unspecified atom stereocenters. The van der Waals surface area contributed by atoms with Crippen LogP contribution in [0.5, 0.6) is 0 Å². The van der Waals surface area contributed by atoms with Gasteiger partial charge in [0.25, 0.3) is 0 Å². The van der Waals surface area contributed by atoms with E-state index < -0.39 is 10.0 Å². The molecule has 0 saturated heterocycles. The largest absolute Gasteiger partial charge is 0.332 e. The molecule has 0 heterocycles. The van der Waals surface area contributed by atoms with Gasteiger partial charge in [-0.25, -0.2) is 18.4 Å². The van der Waals surface area contributed by atoms with Gasteiger partial charge in [-0.2, -0.15) is 0 Å². The Labute approximate surface area is 171 Å². The Bertz CT molecular complexity index is 1110. The van der Waals surface area contributed by atoms with Crippen LogP contribution < -0.4 is 15.8 Å². The van der Waals surface area contributed by atoms with E-state index in [1.807, 2.05) is 56.3 Å². The summed E-state index contributed by atoms with van der Waals surface area (Å²) >= 11 is 0. The Morgan fingerprint density at radius 2 is 1.62 bits per heavy atom. The first kappa shape index (κ1) is 20.8. The van der Waals surface area contributed by atoms with Crippen LogP contribution in [0.25, 0.3) is 10.8 Å². The highest BCUT2D eigenvalue weighted by molar-refractivity contribution is 7.89. The van der Waals surface area contributed by atoms with Gasteiger partial charge < -0.3 is 10.6 Å². The van der Waals surface area contributed by atoms with Crippen molar-refractivity contribution in [3.8, 4) is 0 Å². The molecule has 2 atom stereocenters. The van der Waals surface area contributed by atoms with Gasteiger partial charge in [0.1, 0.15) is 0 Å². The highest BCUT2D eigenvalue weighted by atomic mass is 32.2. The molecule has 29 heavy (non-hydrogen) atoms. The number of nitrogens with one attached hydrogen (secondary N) is 2. The zero-order valence-electron chi connectivity index (χ0n) is 16.4. The molecule has 0 fully saturated rings. The van der Waals surface area contributed by atoms with Gasteiger partial charge in [-0.05, 0) is 47.4 Å². The smallest absolute Gasteiger partial charge is 0.315 e. The van der Waals surface area contributed by atoms with E-state index in [-0.39, 0.29) is 23.0 Å². The summed E-state index contributed by atoms with van der Waals surface area (Å²) in [5.74, 6) is 0. The van der Waals surface area contributed by atoms with Crippen LogP contribution >= 0.6 is 0 Å². The minimum absolute atomic E-state index is 0.0464. The van der Waals surface area contributed by atoms with Crippen LogP contribution in [0.4, 0.5) is 4.79 Å². The second kappa shape index (κ2) is 8.63. The number of hydrogen-bond acceptors (Lipinski definition) is 3. The van der Waals surface area contributed by atoms with Gasteiger partial charge in [-0.3, -0.25) is 0 Å². The summed E-state index contributed by atoms with van der Waals surface area (Å²) in [6, 6.07) is 19.6. The lowest BCUT2D eigenvalue weighted by molar-refractivity contribution is 0.233. The lowest BCUT2D eigenvalue weighted by atomic mass is 10.00. The van der Waals surface area contributed by atoms with Crippen molar-refractivity contribution in [3.63, 3.8) is 0 Å². The molecular weight excluding hydrogens is 386 g/mol. The zero-order valence-corrected chi connectivity index (χ0v) is 17.2. The van der Waals surface area contributed by atoms with Crippen LogP contribution in [0.3, 0.4) is 0 Å². The zero-order chi connectivity index (χ0) is 21.0. The Morgan fingerprint density at radius 3 is 2.28 bits per heavy atom.